The first-order valence-corrected chi connectivity index (χ1v) is 4.94. The molecular formula is C12H17NO. The smallest absolute Gasteiger partial charge is 0.127 e. The molecule has 76 valence electrons. The van der Waals surface area contributed by atoms with E-state index in [0.29, 0.717) is 6.04 Å². The lowest BCUT2D eigenvalue weighted by Gasteiger charge is -2.04. The number of ether oxygens (including phenoxy) is 1. The van der Waals surface area contributed by atoms with Crippen LogP contribution in [0, 0.1) is 0 Å². The summed E-state index contributed by atoms with van der Waals surface area (Å²) in [5.74, 6) is 0.875. The third-order valence-corrected chi connectivity index (χ3v) is 2.20. The SMILES string of the molecule is CCC(C)N=Cc1ccccc1OC. The van der Waals surface area contributed by atoms with E-state index in [9.17, 15) is 0 Å². The molecule has 0 bridgehead atoms. The Morgan fingerprint density at radius 1 is 1.43 bits per heavy atom. The summed E-state index contributed by atoms with van der Waals surface area (Å²) in [5.41, 5.74) is 1.04. The lowest BCUT2D eigenvalue weighted by atomic mass is 10.2. The van der Waals surface area contributed by atoms with Crippen LogP contribution < -0.4 is 4.74 Å². The van der Waals surface area contributed by atoms with Gasteiger partial charge in [0, 0.05) is 17.8 Å². The molecule has 0 heterocycles. The van der Waals surface area contributed by atoms with Gasteiger partial charge in [-0.2, -0.15) is 0 Å². The van der Waals surface area contributed by atoms with Gasteiger partial charge in [-0.25, -0.2) is 0 Å². The first-order chi connectivity index (χ1) is 6.77. The van der Waals surface area contributed by atoms with Crippen molar-refractivity contribution >= 4 is 6.21 Å². The van der Waals surface area contributed by atoms with Crippen molar-refractivity contribution in [3.8, 4) is 5.75 Å². The Morgan fingerprint density at radius 3 is 2.79 bits per heavy atom. The number of para-hydroxylation sites is 1. The Balaban J connectivity index is 2.80. The second kappa shape index (κ2) is 5.43. The standard InChI is InChI=1S/C12H17NO/c1-4-10(2)13-9-11-7-5-6-8-12(11)14-3/h5-10H,4H2,1-3H3. The fourth-order valence-electron chi connectivity index (χ4n) is 1.09. The van der Waals surface area contributed by atoms with Crippen molar-refractivity contribution < 1.29 is 4.74 Å². The van der Waals surface area contributed by atoms with Crippen LogP contribution in [-0.4, -0.2) is 19.4 Å². The maximum Gasteiger partial charge on any atom is 0.127 e. The van der Waals surface area contributed by atoms with Gasteiger partial charge in [-0.1, -0.05) is 19.1 Å². The number of benzene rings is 1. The second-order valence-corrected chi connectivity index (χ2v) is 3.28. The topological polar surface area (TPSA) is 21.6 Å². The van der Waals surface area contributed by atoms with Crippen molar-refractivity contribution in [2.24, 2.45) is 4.99 Å². The Hall–Kier alpha value is -1.31. The van der Waals surface area contributed by atoms with Gasteiger partial charge in [0.25, 0.3) is 0 Å². The number of aliphatic imine (C=N–C) groups is 1. The summed E-state index contributed by atoms with van der Waals surface area (Å²) in [6, 6.07) is 8.27. The maximum absolute atomic E-state index is 5.22. The number of nitrogens with zero attached hydrogens (tertiary/aromatic N) is 1. The summed E-state index contributed by atoms with van der Waals surface area (Å²) in [5, 5.41) is 0. The third-order valence-electron chi connectivity index (χ3n) is 2.20. The number of hydrogen-bond donors (Lipinski definition) is 0. The molecule has 2 heteroatoms. The highest BCUT2D eigenvalue weighted by molar-refractivity contribution is 5.83. The molecule has 0 aliphatic heterocycles. The van der Waals surface area contributed by atoms with E-state index in [0.717, 1.165) is 17.7 Å². The van der Waals surface area contributed by atoms with Gasteiger partial charge < -0.3 is 4.74 Å². The molecule has 0 saturated heterocycles. The van der Waals surface area contributed by atoms with E-state index in [-0.39, 0.29) is 0 Å². The molecule has 0 radical (unpaired) electrons. The molecule has 0 aromatic heterocycles. The molecular weight excluding hydrogens is 174 g/mol. The first-order valence-electron chi connectivity index (χ1n) is 4.94. The number of hydrogen-bond acceptors (Lipinski definition) is 2. The molecule has 1 rings (SSSR count). The van der Waals surface area contributed by atoms with Crippen molar-refractivity contribution in [2.45, 2.75) is 26.3 Å². The van der Waals surface area contributed by atoms with Gasteiger partial charge in [0.2, 0.25) is 0 Å². The van der Waals surface area contributed by atoms with Crippen molar-refractivity contribution in [3.05, 3.63) is 29.8 Å². The predicted octanol–water partition coefficient (Wildman–Crippen LogP) is 2.91. The van der Waals surface area contributed by atoms with Gasteiger partial charge in [-0.3, -0.25) is 4.99 Å². The van der Waals surface area contributed by atoms with E-state index in [1.807, 2.05) is 30.5 Å². The Morgan fingerprint density at radius 2 is 2.14 bits per heavy atom. The first kappa shape index (κ1) is 10.8. The van der Waals surface area contributed by atoms with Crippen LogP contribution in [0.1, 0.15) is 25.8 Å². The summed E-state index contributed by atoms with van der Waals surface area (Å²) in [6.07, 6.45) is 2.94. The fraction of sp³-hybridized carbons (Fsp3) is 0.417. The van der Waals surface area contributed by atoms with Crippen LogP contribution in [0.3, 0.4) is 0 Å². The van der Waals surface area contributed by atoms with Crippen molar-refractivity contribution in [2.75, 3.05) is 7.11 Å². The number of methoxy groups -OCH3 is 1. The molecule has 0 aliphatic carbocycles. The van der Waals surface area contributed by atoms with E-state index >= 15 is 0 Å². The largest absolute Gasteiger partial charge is 0.496 e. The van der Waals surface area contributed by atoms with Crippen molar-refractivity contribution in [1.29, 1.82) is 0 Å². The minimum Gasteiger partial charge on any atom is -0.496 e. The Labute approximate surface area is 85.6 Å². The van der Waals surface area contributed by atoms with E-state index in [1.165, 1.54) is 0 Å². The molecule has 1 unspecified atom stereocenters. The zero-order valence-electron chi connectivity index (χ0n) is 9.03. The molecule has 2 nitrogen and oxygen atoms in total. The maximum atomic E-state index is 5.22. The molecule has 1 atom stereocenters. The minimum atomic E-state index is 0.375. The second-order valence-electron chi connectivity index (χ2n) is 3.28. The average molecular weight is 191 g/mol. The van der Waals surface area contributed by atoms with Crippen molar-refractivity contribution in [1.82, 2.24) is 0 Å². The predicted molar refractivity (Wildman–Crippen MR) is 60.3 cm³/mol. The molecule has 1 aromatic rings. The van der Waals surface area contributed by atoms with E-state index < -0.39 is 0 Å². The Kier molecular flexibility index (Phi) is 4.17. The van der Waals surface area contributed by atoms with Crippen LogP contribution >= 0.6 is 0 Å². The summed E-state index contributed by atoms with van der Waals surface area (Å²) < 4.78 is 5.22. The zero-order valence-corrected chi connectivity index (χ0v) is 9.03. The van der Waals surface area contributed by atoms with Crippen LogP contribution in [0.4, 0.5) is 0 Å². The highest BCUT2D eigenvalue weighted by Gasteiger charge is 1.98. The third kappa shape index (κ3) is 2.87. The number of rotatable bonds is 4. The molecule has 14 heavy (non-hydrogen) atoms. The van der Waals surface area contributed by atoms with Gasteiger partial charge in [0.1, 0.15) is 5.75 Å². The van der Waals surface area contributed by atoms with Crippen LogP contribution in [-0.2, 0) is 0 Å². The summed E-state index contributed by atoms with van der Waals surface area (Å²) in [7, 11) is 1.68. The highest BCUT2D eigenvalue weighted by atomic mass is 16.5. The Bertz CT molecular complexity index is 307. The van der Waals surface area contributed by atoms with Gasteiger partial charge in [0.05, 0.1) is 7.11 Å². The zero-order chi connectivity index (χ0) is 10.4. The minimum absolute atomic E-state index is 0.375. The van der Waals surface area contributed by atoms with E-state index in [2.05, 4.69) is 18.8 Å². The summed E-state index contributed by atoms with van der Waals surface area (Å²) >= 11 is 0. The van der Waals surface area contributed by atoms with Crippen LogP contribution in [0.2, 0.25) is 0 Å². The van der Waals surface area contributed by atoms with Gasteiger partial charge in [-0.05, 0) is 25.5 Å². The van der Waals surface area contributed by atoms with E-state index in [4.69, 9.17) is 4.74 Å². The highest BCUT2D eigenvalue weighted by Crippen LogP contribution is 2.15. The lowest BCUT2D eigenvalue weighted by molar-refractivity contribution is 0.414. The average Bonchev–Trinajstić information content (AvgIpc) is 2.26. The van der Waals surface area contributed by atoms with E-state index in [1.54, 1.807) is 7.11 Å². The summed E-state index contributed by atoms with van der Waals surface area (Å²) in [4.78, 5) is 4.42. The molecule has 0 N–H and O–H groups in total. The molecule has 0 amide bonds. The molecule has 0 aliphatic rings. The quantitative estimate of drug-likeness (QED) is 0.670. The fourth-order valence-corrected chi connectivity index (χ4v) is 1.09. The lowest BCUT2D eigenvalue weighted by Crippen LogP contribution is -1.96. The normalized spacial score (nSPS) is 13.1. The van der Waals surface area contributed by atoms with Crippen LogP contribution in [0.15, 0.2) is 29.3 Å². The van der Waals surface area contributed by atoms with Crippen molar-refractivity contribution in [3.63, 3.8) is 0 Å². The van der Waals surface area contributed by atoms with Crippen LogP contribution in [0.5, 0.6) is 5.75 Å². The van der Waals surface area contributed by atoms with Gasteiger partial charge in [-0.15, -0.1) is 0 Å². The summed E-state index contributed by atoms with van der Waals surface area (Å²) in [6.45, 7) is 4.23. The molecule has 0 saturated carbocycles. The molecule has 0 spiro atoms. The monoisotopic (exact) mass is 191 g/mol. The molecule has 0 fully saturated rings. The van der Waals surface area contributed by atoms with Gasteiger partial charge >= 0.3 is 0 Å². The van der Waals surface area contributed by atoms with Gasteiger partial charge in [0.15, 0.2) is 0 Å². The molecule has 1 aromatic carbocycles. The van der Waals surface area contributed by atoms with Crippen LogP contribution in [0.25, 0.3) is 0 Å².